The van der Waals surface area contributed by atoms with Crippen molar-refractivity contribution >= 4 is 0 Å². The quantitative estimate of drug-likeness (QED) is 0.899. The Bertz CT molecular complexity index is 569. The van der Waals surface area contributed by atoms with Gasteiger partial charge in [-0.05, 0) is 33.9 Å². The summed E-state index contributed by atoms with van der Waals surface area (Å²) < 4.78 is 13.4. The van der Waals surface area contributed by atoms with E-state index in [1.165, 1.54) is 0 Å². The molecule has 0 amide bonds. The molecule has 104 valence electrons. The Morgan fingerprint density at radius 3 is 2.68 bits per heavy atom. The molecule has 0 aliphatic heterocycles. The largest absolute Gasteiger partial charge is 0.485 e. The van der Waals surface area contributed by atoms with Crippen LogP contribution in [-0.2, 0) is 20.2 Å². The van der Waals surface area contributed by atoms with E-state index in [1.54, 1.807) is 0 Å². The molecular weight excluding hydrogens is 242 g/mol. The van der Waals surface area contributed by atoms with Gasteiger partial charge >= 0.3 is 0 Å². The highest BCUT2D eigenvalue weighted by Gasteiger charge is 2.13. The minimum absolute atomic E-state index is 0.506. The van der Waals surface area contributed by atoms with Crippen LogP contribution in [0, 0.1) is 20.8 Å². The highest BCUT2D eigenvalue weighted by atomic mass is 16.5. The zero-order valence-electron chi connectivity index (χ0n) is 12.2. The summed E-state index contributed by atoms with van der Waals surface area (Å²) in [6.45, 7) is 7.15. The molecule has 2 rings (SSSR count). The van der Waals surface area contributed by atoms with Crippen LogP contribution in [0.15, 0.2) is 10.5 Å². The molecule has 2 heterocycles. The molecule has 0 bridgehead atoms. The highest BCUT2D eigenvalue weighted by Crippen LogP contribution is 2.24. The second-order valence-corrected chi connectivity index (χ2v) is 4.74. The molecule has 2 aromatic heterocycles. The second-order valence-electron chi connectivity index (χ2n) is 4.74. The van der Waals surface area contributed by atoms with Crippen LogP contribution in [0.5, 0.6) is 5.75 Å². The summed E-state index contributed by atoms with van der Waals surface area (Å²) in [5.74, 6) is 2.70. The van der Waals surface area contributed by atoms with Crippen molar-refractivity contribution in [3.63, 3.8) is 0 Å². The number of furan rings is 1. The molecule has 0 unspecified atom stereocenters. The van der Waals surface area contributed by atoms with E-state index in [0.717, 1.165) is 40.8 Å². The lowest BCUT2D eigenvalue weighted by molar-refractivity contribution is 0.298. The molecule has 0 aromatic carbocycles. The Labute approximate surface area is 113 Å². The fraction of sp³-hybridized carbons (Fsp3) is 0.500. The molecule has 0 spiro atoms. The van der Waals surface area contributed by atoms with Crippen LogP contribution in [0.4, 0.5) is 0 Å². The number of rotatable bonds is 5. The second kappa shape index (κ2) is 5.48. The first-order valence-corrected chi connectivity index (χ1v) is 6.38. The van der Waals surface area contributed by atoms with E-state index in [9.17, 15) is 0 Å². The maximum absolute atomic E-state index is 5.88. The molecule has 1 N–H and O–H groups in total. The first-order valence-electron chi connectivity index (χ1n) is 6.38. The van der Waals surface area contributed by atoms with Crippen molar-refractivity contribution in [2.75, 3.05) is 7.05 Å². The molecule has 19 heavy (non-hydrogen) atoms. The van der Waals surface area contributed by atoms with Gasteiger partial charge in [-0.2, -0.15) is 5.10 Å². The van der Waals surface area contributed by atoms with E-state index in [-0.39, 0.29) is 0 Å². The van der Waals surface area contributed by atoms with Gasteiger partial charge in [-0.3, -0.25) is 4.68 Å². The summed E-state index contributed by atoms with van der Waals surface area (Å²) in [4.78, 5) is 0. The first-order chi connectivity index (χ1) is 9.02. The van der Waals surface area contributed by atoms with Gasteiger partial charge in [-0.15, -0.1) is 0 Å². The van der Waals surface area contributed by atoms with Crippen LogP contribution in [0.1, 0.15) is 28.5 Å². The third-order valence-corrected chi connectivity index (χ3v) is 3.24. The summed E-state index contributed by atoms with van der Waals surface area (Å²) in [6, 6.07) is 2.03. The maximum Gasteiger partial charge on any atom is 0.163 e. The number of ether oxygens (including phenoxy) is 1. The van der Waals surface area contributed by atoms with Crippen molar-refractivity contribution in [3.8, 4) is 5.75 Å². The topological polar surface area (TPSA) is 52.2 Å². The Kier molecular flexibility index (Phi) is 3.95. The normalized spacial score (nSPS) is 11.0. The highest BCUT2D eigenvalue weighted by molar-refractivity contribution is 5.32. The maximum atomic E-state index is 5.88. The number of aromatic nitrogens is 2. The molecule has 0 aliphatic rings. The van der Waals surface area contributed by atoms with Crippen LogP contribution in [-0.4, -0.2) is 16.8 Å². The average molecular weight is 263 g/mol. The van der Waals surface area contributed by atoms with Crippen molar-refractivity contribution in [3.05, 3.63) is 34.5 Å². The predicted octanol–water partition coefficient (Wildman–Crippen LogP) is 2.24. The minimum Gasteiger partial charge on any atom is -0.485 e. The molecule has 0 radical (unpaired) electrons. The number of aryl methyl sites for hydroxylation is 3. The molecule has 5 nitrogen and oxygen atoms in total. The van der Waals surface area contributed by atoms with Crippen molar-refractivity contribution < 1.29 is 9.15 Å². The lowest BCUT2D eigenvalue weighted by Crippen LogP contribution is -2.03. The van der Waals surface area contributed by atoms with Gasteiger partial charge in [0.15, 0.2) is 5.75 Å². The first kappa shape index (κ1) is 13.7. The van der Waals surface area contributed by atoms with Crippen LogP contribution >= 0.6 is 0 Å². The van der Waals surface area contributed by atoms with Crippen molar-refractivity contribution in [2.24, 2.45) is 7.05 Å². The van der Waals surface area contributed by atoms with Gasteiger partial charge in [0.1, 0.15) is 23.8 Å². The van der Waals surface area contributed by atoms with Gasteiger partial charge in [0.2, 0.25) is 0 Å². The third kappa shape index (κ3) is 2.81. The third-order valence-electron chi connectivity index (χ3n) is 3.24. The Hall–Kier alpha value is -1.75. The van der Waals surface area contributed by atoms with Gasteiger partial charge in [-0.1, -0.05) is 0 Å². The standard InChI is InChI=1S/C14H21N3O2/c1-9-14(10(2)17(5)16-9)18-8-12-6-13(7-15-4)19-11(12)3/h6,15H,7-8H2,1-5H3. The SMILES string of the molecule is CNCc1cc(COc2c(C)nn(C)c2C)c(C)o1. The average Bonchev–Trinajstić information content (AvgIpc) is 2.80. The van der Waals surface area contributed by atoms with Crippen molar-refractivity contribution in [2.45, 2.75) is 33.9 Å². The monoisotopic (exact) mass is 263 g/mol. The molecule has 0 aliphatic carbocycles. The molecule has 0 fully saturated rings. The van der Waals surface area contributed by atoms with Crippen LogP contribution in [0.25, 0.3) is 0 Å². The number of hydrogen-bond acceptors (Lipinski definition) is 4. The Balaban J connectivity index is 2.10. The van der Waals surface area contributed by atoms with E-state index >= 15 is 0 Å². The smallest absolute Gasteiger partial charge is 0.163 e. The molecule has 0 saturated heterocycles. The van der Waals surface area contributed by atoms with Crippen LogP contribution < -0.4 is 10.1 Å². The lowest BCUT2D eigenvalue weighted by Gasteiger charge is -2.05. The van der Waals surface area contributed by atoms with Crippen LogP contribution in [0.3, 0.4) is 0 Å². The van der Waals surface area contributed by atoms with Crippen molar-refractivity contribution in [1.82, 2.24) is 15.1 Å². The summed E-state index contributed by atoms with van der Waals surface area (Å²) in [7, 11) is 3.82. The van der Waals surface area contributed by atoms with Gasteiger partial charge in [0.05, 0.1) is 12.2 Å². The summed E-state index contributed by atoms with van der Waals surface area (Å²) >= 11 is 0. The molecule has 0 atom stereocenters. The summed E-state index contributed by atoms with van der Waals surface area (Å²) in [5.41, 5.74) is 3.03. The fourth-order valence-electron chi connectivity index (χ4n) is 2.11. The molecular formula is C14H21N3O2. The van der Waals surface area contributed by atoms with E-state index in [2.05, 4.69) is 10.4 Å². The van der Waals surface area contributed by atoms with Crippen LogP contribution in [0.2, 0.25) is 0 Å². The Morgan fingerprint density at radius 2 is 2.11 bits per heavy atom. The molecule has 5 heteroatoms. The predicted molar refractivity (Wildman–Crippen MR) is 73.2 cm³/mol. The van der Waals surface area contributed by atoms with E-state index in [4.69, 9.17) is 9.15 Å². The van der Waals surface area contributed by atoms with Gasteiger partial charge in [0.25, 0.3) is 0 Å². The van der Waals surface area contributed by atoms with Gasteiger partial charge < -0.3 is 14.5 Å². The number of hydrogen-bond donors (Lipinski definition) is 1. The summed E-state index contributed by atoms with van der Waals surface area (Å²) in [6.07, 6.45) is 0. The van der Waals surface area contributed by atoms with E-state index in [0.29, 0.717) is 6.61 Å². The van der Waals surface area contributed by atoms with Crippen molar-refractivity contribution in [1.29, 1.82) is 0 Å². The zero-order chi connectivity index (χ0) is 14.0. The minimum atomic E-state index is 0.506. The zero-order valence-corrected chi connectivity index (χ0v) is 12.2. The fourth-order valence-corrected chi connectivity index (χ4v) is 2.11. The lowest BCUT2D eigenvalue weighted by atomic mass is 10.2. The molecule has 2 aromatic rings. The van der Waals surface area contributed by atoms with E-state index in [1.807, 2.05) is 45.6 Å². The molecule has 0 saturated carbocycles. The number of nitrogens with zero attached hydrogens (tertiary/aromatic N) is 2. The van der Waals surface area contributed by atoms with E-state index < -0.39 is 0 Å². The van der Waals surface area contributed by atoms with Gasteiger partial charge in [0, 0.05) is 12.6 Å². The summed E-state index contributed by atoms with van der Waals surface area (Å²) in [5, 5.41) is 7.41. The Morgan fingerprint density at radius 1 is 1.37 bits per heavy atom. The van der Waals surface area contributed by atoms with Gasteiger partial charge in [-0.25, -0.2) is 0 Å². The number of nitrogens with one attached hydrogen (secondary N) is 1.